The number of carbonyl (C=O) groups is 1. The molecule has 0 radical (unpaired) electrons. The highest BCUT2D eigenvalue weighted by Crippen LogP contribution is 2.32. The van der Waals surface area contributed by atoms with E-state index in [2.05, 4.69) is 12.2 Å². The summed E-state index contributed by atoms with van der Waals surface area (Å²) >= 11 is 0. The van der Waals surface area contributed by atoms with E-state index in [0.29, 0.717) is 12.5 Å². The number of hydrogen-bond acceptors (Lipinski definition) is 2. The molecule has 1 amide bonds. The van der Waals surface area contributed by atoms with Crippen LogP contribution in [0, 0.1) is 5.92 Å². The Morgan fingerprint density at radius 2 is 1.94 bits per heavy atom. The summed E-state index contributed by atoms with van der Waals surface area (Å²) in [6.45, 7) is 2.26. The molecule has 0 bridgehead atoms. The van der Waals surface area contributed by atoms with Gasteiger partial charge in [0, 0.05) is 18.0 Å². The van der Waals surface area contributed by atoms with Crippen LogP contribution in [-0.4, -0.2) is 17.5 Å². The maximum Gasteiger partial charge on any atom is 0.222 e. The lowest BCUT2D eigenvalue weighted by atomic mass is 9.75. The average molecular weight is 252 g/mol. The Hall–Kier alpha value is -0.570. The SMILES string of the molecule is CCCC1CCC(NC(=O)CC2(N)CCC2)CC1. The van der Waals surface area contributed by atoms with Gasteiger partial charge in [0.2, 0.25) is 5.91 Å². The van der Waals surface area contributed by atoms with Crippen molar-refractivity contribution in [3.63, 3.8) is 0 Å². The van der Waals surface area contributed by atoms with Gasteiger partial charge in [0.15, 0.2) is 0 Å². The van der Waals surface area contributed by atoms with E-state index in [1.165, 1.54) is 32.1 Å². The molecule has 2 rings (SSSR count). The molecule has 0 aromatic heterocycles. The van der Waals surface area contributed by atoms with E-state index < -0.39 is 0 Å². The first-order valence-corrected chi connectivity index (χ1v) is 7.69. The molecule has 0 saturated heterocycles. The second-order valence-electron chi connectivity index (χ2n) is 6.47. The van der Waals surface area contributed by atoms with Crippen molar-refractivity contribution >= 4 is 5.91 Å². The molecule has 3 nitrogen and oxygen atoms in total. The van der Waals surface area contributed by atoms with Crippen LogP contribution in [0.3, 0.4) is 0 Å². The smallest absolute Gasteiger partial charge is 0.222 e. The predicted molar refractivity (Wildman–Crippen MR) is 74.2 cm³/mol. The van der Waals surface area contributed by atoms with Crippen LogP contribution in [0.1, 0.15) is 71.1 Å². The molecule has 3 heteroatoms. The van der Waals surface area contributed by atoms with E-state index in [4.69, 9.17) is 5.73 Å². The third-order valence-corrected chi connectivity index (χ3v) is 4.77. The Balaban J connectivity index is 1.66. The summed E-state index contributed by atoms with van der Waals surface area (Å²) in [4.78, 5) is 11.9. The summed E-state index contributed by atoms with van der Waals surface area (Å²) in [7, 11) is 0. The molecule has 0 unspecified atom stereocenters. The molecule has 2 aliphatic carbocycles. The third-order valence-electron chi connectivity index (χ3n) is 4.77. The standard InChI is InChI=1S/C15H28N2O/c1-2-4-12-5-7-13(8-6-12)17-14(18)11-15(16)9-3-10-15/h12-13H,2-11,16H2,1H3,(H,17,18). The molecule has 104 valence electrons. The summed E-state index contributed by atoms with van der Waals surface area (Å²) in [5.74, 6) is 1.08. The van der Waals surface area contributed by atoms with Gasteiger partial charge in [-0.25, -0.2) is 0 Å². The predicted octanol–water partition coefficient (Wildman–Crippen LogP) is 2.73. The Bertz CT molecular complexity index is 278. The van der Waals surface area contributed by atoms with Gasteiger partial charge < -0.3 is 11.1 Å². The molecule has 0 aromatic rings. The van der Waals surface area contributed by atoms with E-state index >= 15 is 0 Å². The number of nitrogens with one attached hydrogen (secondary N) is 1. The van der Waals surface area contributed by atoms with Gasteiger partial charge in [-0.3, -0.25) is 4.79 Å². The van der Waals surface area contributed by atoms with Crippen LogP contribution in [0.5, 0.6) is 0 Å². The molecule has 18 heavy (non-hydrogen) atoms. The summed E-state index contributed by atoms with van der Waals surface area (Å²) in [6, 6.07) is 0.411. The lowest BCUT2D eigenvalue weighted by molar-refractivity contribution is -0.124. The van der Waals surface area contributed by atoms with Gasteiger partial charge in [-0.2, -0.15) is 0 Å². The Kier molecular flexibility index (Phi) is 4.66. The second kappa shape index (κ2) is 6.05. The molecule has 2 aliphatic rings. The zero-order valence-electron chi connectivity index (χ0n) is 11.7. The minimum atomic E-state index is -0.177. The van der Waals surface area contributed by atoms with Crippen LogP contribution in [0.25, 0.3) is 0 Å². The Labute approximate surface area is 111 Å². The van der Waals surface area contributed by atoms with Crippen LogP contribution >= 0.6 is 0 Å². The van der Waals surface area contributed by atoms with Gasteiger partial charge in [0.05, 0.1) is 0 Å². The van der Waals surface area contributed by atoms with Crippen LogP contribution in [-0.2, 0) is 4.79 Å². The Morgan fingerprint density at radius 1 is 1.28 bits per heavy atom. The van der Waals surface area contributed by atoms with Gasteiger partial charge in [-0.15, -0.1) is 0 Å². The molecule has 2 fully saturated rings. The first-order valence-electron chi connectivity index (χ1n) is 7.69. The number of nitrogens with two attached hydrogens (primary N) is 1. The fourth-order valence-electron chi connectivity index (χ4n) is 3.41. The molecular weight excluding hydrogens is 224 g/mol. The highest BCUT2D eigenvalue weighted by Gasteiger charge is 2.35. The first kappa shape index (κ1) is 13.9. The second-order valence-corrected chi connectivity index (χ2v) is 6.47. The number of rotatable bonds is 5. The molecule has 2 saturated carbocycles. The van der Waals surface area contributed by atoms with E-state index in [1.54, 1.807) is 0 Å². The van der Waals surface area contributed by atoms with E-state index in [9.17, 15) is 4.79 Å². The fraction of sp³-hybridized carbons (Fsp3) is 0.933. The number of hydrogen-bond donors (Lipinski definition) is 2. The maximum atomic E-state index is 11.9. The van der Waals surface area contributed by atoms with Crippen molar-refractivity contribution in [2.45, 2.75) is 82.7 Å². The Morgan fingerprint density at radius 3 is 2.44 bits per heavy atom. The van der Waals surface area contributed by atoms with Crippen molar-refractivity contribution in [2.75, 3.05) is 0 Å². The molecule has 0 heterocycles. The molecule has 0 aliphatic heterocycles. The minimum absolute atomic E-state index is 0.177. The maximum absolute atomic E-state index is 11.9. The molecular formula is C15H28N2O. The highest BCUT2D eigenvalue weighted by atomic mass is 16.1. The zero-order valence-corrected chi connectivity index (χ0v) is 11.7. The summed E-state index contributed by atoms with van der Waals surface area (Å²) < 4.78 is 0. The topological polar surface area (TPSA) is 55.1 Å². The largest absolute Gasteiger partial charge is 0.353 e. The van der Waals surface area contributed by atoms with E-state index in [-0.39, 0.29) is 11.4 Å². The van der Waals surface area contributed by atoms with Gasteiger partial charge in [-0.05, 0) is 50.9 Å². The van der Waals surface area contributed by atoms with Gasteiger partial charge >= 0.3 is 0 Å². The van der Waals surface area contributed by atoms with Crippen LogP contribution in [0.4, 0.5) is 0 Å². The number of amides is 1. The van der Waals surface area contributed by atoms with Crippen LogP contribution in [0.2, 0.25) is 0 Å². The lowest BCUT2D eigenvalue weighted by Gasteiger charge is -2.38. The average Bonchev–Trinajstić information content (AvgIpc) is 2.30. The monoisotopic (exact) mass is 252 g/mol. The van der Waals surface area contributed by atoms with Crippen molar-refractivity contribution in [1.82, 2.24) is 5.32 Å². The molecule has 0 spiro atoms. The summed E-state index contributed by atoms with van der Waals surface area (Å²) in [5, 5.41) is 3.19. The quantitative estimate of drug-likeness (QED) is 0.790. The first-order chi connectivity index (χ1) is 8.61. The molecule has 3 N–H and O–H groups in total. The zero-order chi connectivity index (χ0) is 13.0. The fourth-order valence-corrected chi connectivity index (χ4v) is 3.41. The molecule has 0 atom stereocenters. The van der Waals surface area contributed by atoms with Crippen molar-refractivity contribution in [3.8, 4) is 0 Å². The third kappa shape index (κ3) is 3.71. The number of carbonyl (C=O) groups excluding carboxylic acids is 1. The normalized spacial score (nSPS) is 30.6. The van der Waals surface area contributed by atoms with Gasteiger partial charge in [-0.1, -0.05) is 19.8 Å². The minimum Gasteiger partial charge on any atom is -0.353 e. The van der Waals surface area contributed by atoms with Gasteiger partial charge in [0.1, 0.15) is 0 Å². The highest BCUT2D eigenvalue weighted by molar-refractivity contribution is 5.77. The summed E-state index contributed by atoms with van der Waals surface area (Å²) in [6.07, 6.45) is 11.3. The van der Waals surface area contributed by atoms with E-state index in [1.807, 2.05) is 0 Å². The van der Waals surface area contributed by atoms with Crippen molar-refractivity contribution in [2.24, 2.45) is 11.7 Å². The van der Waals surface area contributed by atoms with E-state index in [0.717, 1.165) is 31.6 Å². The summed E-state index contributed by atoms with van der Waals surface area (Å²) in [5.41, 5.74) is 5.93. The van der Waals surface area contributed by atoms with Crippen LogP contribution < -0.4 is 11.1 Å². The lowest BCUT2D eigenvalue weighted by Crippen LogP contribution is -2.51. The van der Waals surface area contributed by atoms with Crippen molar-refractivity contribution < 1.29 is 4.79 Å². The van der Waals surface area contributed by atoms with Crippen molar-refractivity contribution in [1.29, 1.82) is 0 Å². The van der Waals surface area contributed by atoms with Crippen LogP contribution in [0.15, 0.2) is 0 Å². The molecule has 0 aromatic carbocycles. The van der Waals surface area contributed by atoms with Gasteiger partial charge in [0.25, 0.3) is 0 Å². The van der Waals surface area contributed by atoms with Crippen molar-refractivity contribution in [3.05, 3.63) is 0 Å².